The molecule has 1 saturated carbocycles. The Morgan fingerprint density at radius 3 is 2.21 bits per heavy atom. The lowest BCUT2D eigenvalue weighted by Gasteiger charge is -2.24. The molecule has 1 fully saturated rings. The maximum absolute atomic E-state index is 14.1. The highest BCUT2D eigenvalue weighted by atomic mass is 32.1. The highest BCUT2D eigenvalue weighted by Gasteiger charge is 2.35. The molecule has 1 aliphatic heterocycles. The Hall–Kier alpha value is -3.89. The van der Waals surface area contributed by atoms with Gasteiger partial charge in [-0.05, 0) is 60.4 Å². The van der Waals surface area contributed by atoms with E-state index < -0.39 is 0 Å². The van der Waals surface area contributed by atoms with Crippen LogP contribution in [0.15, 0.2) is 48.5 Å². The number of carbonyl (C=O) groups is 1. The fourth-order valence-corrected chi connectivity index (χ4v) is 5.91. The van der Waals surface area contributed by atoms with Crippen molar-refractivity contribution in [2.24, 2.45) is 0 Å². The first-order valence-electron chi connectivity index (χ1n) is 11.0. The summed E-state index contributed by atoms with van der Waals surface area (Å²) in [5.74, 6) is 0.265. The summed E-state index contributed by atoms with van der Waals surface area (Å²) in [6, 6.07) is 18.2. The van der Waals surface area contributed by atoms with Crippen molar-refractivity contribution in [1.29, 1.82) is 5.26 Å². The SMILES string of the molecule is N#Cc1c(N)nc2sc(C(=O)N3c4ccccc4CCc4ccccc43)c(N)c2c1C1CC1. The number of hydrogen-bond donors (Lipinski definition) is 2. The third-order valence-electron chi connectivity index (χ3n) is 6.57. The topological polar surface area (TPSA) is 109 Å². The Labute approximate surface area is 195 Å². The molecule has 6 nitrogen and oxygen atoms in total. The predicted octanol–water partition coefficient (Wildman–Crippen LogP) is 5.29. The zero-order chi connectivity index (χ0) is 22.7. The zero-order valence-electron chi connectivity index (χ0n) is 17.8. The van der Waals surface area contributed by atoms with E-state index >= 15 is 0 Å². The molecule has 7 heteroatoms. The van der Waals surface area contributed by atoms with Crippen molar-refractivity contribution in [3.63, 3.8) is 0 Å². The van der Waals surface area contributed by atoms with Crippen LogP contribution in [0.3, 0.4) is 0 Å². The molecular formula is C26H21N5OS. The summed E-state index contributed by atoms with van der Waals surface area (Å²) < 4.78 is 0. The van der Waals surface area contributed by atoms with Crippen molar-refractivity contribution in [3.8, 4) is 6.07 Å². The quantitative estimate of drug-likeness (QED) is 0.430. The molecule has 1 aliphatic carbocycles. The van der Waals surface area contributed by atoms with E-state index in [-0.39, 0.29) is 17.6 Å². The van der Waals surface area contributed by atoms with Crippen LogP contribution in [-0.2, 0) is 12.8 Å². The zero-order valence-corrected chi connectivity index (χ0v) is 18.7. The average Bonchev–Trinajstić information content (AvgIpc) is 3.63. The van der Waals surface area contributed by atoms with Gasteiger partial charge in [0.05, 0.1) is 22.6 Å². The Balaban J connectivity index is 1.58. The first-order chi connectivity index (χ1) is 16.1. The molecule has 4 N–H and O–H groups in total. The molecule has 0 bridgehead atoms. The molecule has 6 rings (SSSR count). The van der Waals surface area contributed by atoms with Gasteiger partial charge in [0.25, 0.3) is 5.91 Å². The molecule has 0 atom stereocenters. The van der Waals surface area contributed by atoms with E-state index in [0.717, 1.165) is 53.7 Å². The molecule has 1 amide bonds. The summed E-state index contributed by atoms with van der Waals surface area (Å²) in [6.07, 6.45) is 3.68. The molecule has 2 aromatic carbocycles. The molecule has 0 radical (unpaired) electrons. The number of rotatable bonds is 2. The summed E-state index contributed by atoms with van der Waals surface area (Å²) in [5, 5.41) is 10.4. The molecular weight excluding hydrogens is 430 g/mol. The van der Waals surface area contributed by atoms with Crippen molar-refractivity contribution in [2.75, 3.05) is 16.4 Å². The number of nitrogens with zero attached hydrogens (tertiary/aromatic N) is 3. The molecule has 2 aliphatic rings. The first-order valence-corrected chi connectivity index (χ1v) is 11.8. The minimum atomic E-state index is -0.184. The third-order valence-corrected chi connectivity index (χ3v) is 7.65. The number of anilines is 4. The van der Waals surface area contributed by atoms with E-state index in [1.807, 2.05) is 36.4 Å². The largest absolute Gasteiger partial charge is 0.397 e. The van der Waals surface area contributed by atoms with Crippen LogP contribution in [0.5, 0.6) is 0 Å². The second-order valence-electron chi connectivity index (χ2n) is 8.59. The number of nitriles is 1. The number of carbonyl (C=O) groups excluding carboxylic acids is 1. The predicted molar refractivity (Wildman–Crippen MR) is 132 cm³/mol. The van der Waals surface area contributed by atoms with Crippen LogP contribution >= 0.6 is 11.3 Å². The lowest BCUT2D eigenvalue weighted by molar-refractivity contribution is 0.100. The third kappa shape index (κ3) is 2.99. The van der Waals surface area contributed by atoms with E-state index in [1.54, 1.807) is 4.90 Å². The number of pyridine rings is 1. The Morgan fingerprint density at radius 1 is 1.03 bits per heavy atom. The van der Waals surface area contributed by atoms with Crippen LogP contribution in [0.2, 0.25) is 0 Å². The minimum Gasteiger partial charge on any atom is -0.397 e. The molecule has 0 unspecified atom stereocenters. The van der Waals surface area contributed by atoms with Gasteiger partial charge < -0.3 is 11.5 Å². The van der Waals surface area contributed by atoms with Gasteiger partial charge in [-0.25, -0.2) is 4.98 Å². The molecule has 0 saturated heterocycles. The van der Waals surface area contributed by atoms with Crippen molar-refractivity contribution in [3.05, 3.63) is 75.7 Å². The average molecular weight is 452 g/mol. The lowest BCUT2D eigenvalue weighted by Crippen LogP contribution is -2.26. The van der Waals surface area contributed by atoms with Crippen LogP contribution in [0.25, 0.3) is 10.2 Å². The minimum absolute atomic E-state index is 0.184. The molecule has 3 heterocycles. The van der Waals surface area contributed by atoms with Crippen LogP contribution in [0.1, 0.15) is 50.7 Å². The van der Waals surface area contributed by atoms with Crippen molar-refractivity contribution in [1.82, 2.24) is 4.98 Å². The number of thiophene rings is 1. The van der Waals surface area contributed by atoms with Gasteiger partial charge in [0.2, 0.25) is 0 Å². The molecule has 0 spiro atoms. The molecule has 2 aromatic heterocycles. The highest BCUT2D eigenvalue weighted by Crippen LogP contribution is 2.50. The van der Waals surface area contributed by atoms with Gasteiger partial charge in [-0.3, -0.25) is 9.69 Å². The fraction of sp³-hybridized carbons (Fsp3) is 0.192. The first kappa shape index (κ1) is 19.8. The Bertz CT molecular complexity index is 1450. The van der Waals surface area contributed by atoms with E-state index in [4.69, 9.17) is 11.5 Å². The standard InChI is InChI=1S/C26H21N5OS/c27-13-17-20(16-11-12-16)21-22(28)23(33-25(21)30-24(17)29)26(32)31-18-7-3-1-5-14(18)9-10-15-6-2-4-8-19(15)31/h1-8,16H,9-12,28H2,(H2,29,30). The maximum Gasteiger partial charge on any atom is 0.275 e. The van der Waals surface area contributed by atoms with Crippen molar-refractivity contribution < 1.29 is 4.79 Å². The highest BCUT2D eigenvalue weighted by molar-refractivity contribution is 7.21. The number of hydrogen-bond acceptors (Lipinski definition) is 6. The van der Waals surface area contributed by atoms with E-state index in [1.165, 1.54) is 11.3 Å². The smallest absolute Gasteiger partial charge is 0.275 e. The summed E-state index contributed by atoms with van der Waals surface area (Å²) in [4.78, 5) is 21.4. The number of para-hydroxylation sites is 2. The summed E-state index contributed by atoms with van der Waals surface area (Å²) >= 11 is 1.26. The molecule has 33 heavy (non-hydrogen) atoms. The Kier molecular flexibility index (Phi) is 4.39. The van der Waals surface area contributed by atoms with Crippen LogP contribution in [0.4, 0.5) is 22.9 Å². The van der Waals surface area contributed by atoms with Crippen LogP contribution < -0.4 is 16.4 Å². The van der Waals surface area contributed by atoms with E-state index in [9.17, 15) is 10.1 Å². The van der Waals surface area contributed by atoms with Crippen molar-refractivity contribution in [2.45, 2.75) is 31.6 Å². The number of benzene rings is 2. The summed E-state index contributed by atoms with van der Waals surface area (Å²) in [5.41, 5.74) is 18.4. The molecule has 4 aromatic rings. The van der Waals surface area contributed by atoms with Gasteiger partial charge in [0.1, 0.15) is 21.6 Å². The van der Waals surface area contributed by atoms with Gasteiger partial charge in [0, 0.05) is 5.39 Å². The number of nitrogens with two attached hydrogens (primary N) is 2. The van der Waals surface area contributed by atoms with E-state index in [0.29, 0.717) is 26.3 Å². The van der Waals surface area contributed by atoms with Gasteiger partial charge >= 0.3 is 0 Å². The second-order valence-corrected chi connectivity index (χ2v) is 9.59. The van der Waals surface area contributed by atoms with Gasteiger partial charge in [0.15, 0.2) is 0 Å². The monoisotopic (exact) mass is 451 g/mol. The van der Waals surface area contributed by atoms with Gasteiger partial charge in [-0.2, -0.15) is 5.26 Å². The Morgan fingerprint density at radius 2 is 1.64 bits per heavy atom. The maximum atomic E-state index is 14.1. The van der Waals surface area contributed by atoms with Gasteiger partial charge in [-0.1, -0.05) is 36.4 Å². The normalized spacial score (nSPS) is 14.9. The number of aromatic nitrogens is 1. The van der Waals surface area contributed by atoms with Crippen molar-refractivity contribution >= 4 is 50.3 Å². The van der Waals surface area contributed by atoms with Crippen LogP contribution in [0, 0.1) is 11.3 Å². The van der Waals surface area contributed by atoms with Crippen LogP contribution in [-0.4, -0.2) is 10.9 Å². The molecule has 162 valence electrons. The number of amides is 1. The summed E-state index contributed by atoms with van der Waals surface area (Å²) in [6.45, 7) is 0. The summed E-state index contributed by atoms with van der Waals surface area (Å²) in [7, 11) is 0. The fourth-order valence-electron chi connectivity index (χ4n) is 4.86. The lowest BCUT2D eigenvalue weighted by atomic mass is 10.0. The second kappa shape index (κ2) is 7.32. The van der Waals surface area contributed by atoms with E-state index in [2.05, 4.69) is 23.2 Å². The van der Waals surface area contributed by atoms with Gasteiger partial charge in [-0.15, -0.1) is 11.3 Å². The number of fused-ring (bicyclic) bond motifs is 3. The number of aryl methyl sites for hydroxylation is 2. The number of nitrogen functional groups attached to an aromatic ring is 2.